The van der Waals surface area contributed by atoms with E-state index in [9.17, 15) is 4.79 Å². The van der Waals surface area contributed by atoms with Crippen molar-refractivity contribution in [2.75, 3.05) is 13.2 Å². The van der Waals surface area contributed by atoms with Gasteiger partial charge in [-0.05, 0) is 24.8 Å². The fourth-order valence-electron chi connectivity index (χ4n) is 3.64. The van der Waals surface area contributed by atoms with Crippen LogP contribution in [-0.4, -0.2) is 27.2 Å². The summed E-state index contributed by atoms with van der Waals surface area (Å²) in [5.41, 5.74) is 2.86. The van der Waals surface area contributed by atoms with Crippen LogP contribution in [0.5, 0.6) is 0 Å². The summed E-state index contributed by atoms with van der Waals surface area (Å²) in [4.78, 5) is 17.7. The number of benzene rings is 1. The molecule has 5 nitrogen and oxygen atoms in total. The zero-order valence-corrected chi connectivity index (χ0v) is 14.5. The van der Waals surface area contributed by atoms with Gasteiger partial charge in [-0.25, -0.2) is 4.98 Å². The molecule has 0 unspecified atom stereocenters. The molecule has 1 saturated heterocycles. The molecule has 0 aliphatic carbocycles. The Kier molecular flexibility index (Phi) is 4.40. The molecular weight excluding hydrogens is 314 g/mol. The third-order valence-electron chi connectivity index (χ3n) is 5.05. The molecule has 130 valence electrons. The van der Waals surface area contributed by atoms with E-state index < -0.39 is 0 Å². The third kappa shape index (κ3) is 3.00. The number of rotatable bonds is 4. The van der Waals surface area contributed by atoms with E-state index in [0.29, 0.717) is 18.0 Å². The second-order valence-electron chi connectivity index (χ2n) is 6.61. The fraction of sp³-hybridized carbons (Fsp3) is 0.400. The van der Waals surface area contributed by atoms with Gasteiger partial charge in [-0.1, -0.05) is 37.3 Å². The first-order chi connectivity index (χ1) is 12.3. The lowest BCUT2D eigenvalue weighted by Gasteiger charge is -2.21. The highest BCUT2D eigenvalue weighted by Gasteiger charge is 2.22. The van der Waals surface area contributed by atoms with E-state index in [4.69, 9.17) is 4.74 Å². The molecule has 2 aromatic heterocycles. The highest BCUT2D eigenvalue weighted by Crippen LogP contribution is 2.26. The molecule has 0 atom stereocenters. The number of aromatic nitrogens is 3. The molecule has 0 bridgehead atoms. The Bertz CT molecular complexity index is 921. The van der Waals surface area contributed by atoms with Crippen molar-refractivity contribution in [3.05, 3.63) is 70.2 Å². The summed E-state index contributed by atoms with van der Waals surface area (Å²) < 4.78 is 9.35. The van der Waals surface area contributed by atoms with Gasteiger partial charge in [0.05, 0.1) is 12.7 Å². The average molecular weight is 337 g/mol. The van der Waals surface area contributed by atoms with Crippen LogP contribution < -0.4 is 5.56 Å². The molecule has 1 aliphatic heterocycles. The molecule has 1 aromatic carbocycles. The zero-order valence-electron chi connectivity index (χ0n) is 14.5. The minimum Gasteiger partial charge on any atom is -0.381 e. The van der Waals surface area contributed by atoms with Crippen LogP contribution in [0, 0.1) is 0 Å². The summed E-state index contributed by atoms with van der Waals surface area (Å²) in [6, 6.07) is 10.1. The fourth-order valence-corrected chi connectivity index (χ4v) is 3.64. The minimum absolute atomic E-state index is 0.0361. The van der Waals surface area contributed by atoms with Gasteiger partial charge in [0.1, 0.15) is 11.3 Å². The van der Waals surface area contributed by atoms with Crippen molar-refractivity contribution >= 4 is 5.52 Å². The predicted octanol–water partition coefficient (Wildman–Crippen LogP) is 3.00. The van der Waals surface area contributed by atoms with E-state index in [1.54, 1.807) is 6.20 Å². The number of nitrogens with zero attached hydrogens (tertiary/aromatic N) is 3. The Balaban J connectivity index is 1.80. The molecule has 3 aromatic rings. The lowest BCUT2D eigenvalue weighted by atomic mass is 9.99. The van der Waals surface area contributed by atoms with Gasteiger partial charge in [0, 0.05) is 31.0 Å². The Labute approximate surface area is 146 Å². The van der Waals surface area contributed by atoms with Crippen LogP contribution in [0.25, 0.3) is 5.52 Å². The number of hydrogen-bond acceptors (Lipinski definition) is 3. The number of fused-ring (bicyclic) bond motifs is 1. The summed E-state index contributed by atoms with van der Waals surface area (Å²) in [5.74, 6) is 1.36. The summed E-state index contributed by atoms with van der Waals surface area (Å²) in [6.07, 6.45) is 6.57. The third-order valence-corrected chi connectivity index (χ3v) is 5.05. The van der Waals surface area contributed by atoms with Gasteiger partial charge < -0.3 is 9.30 Å². The molecule has 1 fully saturated rings. The first-order valence-corrected chi connectivity index (χ1v) is 8.99. The number of ether oxygens (including phenoxy) is 1. The van der Waals surface area contributed by atoms with Crippen molar-refractivity contribution < 1.29 is 4.74 Å². The Morgan fingerprint density at radius 3 is 2.68 bits per heavy atom. The first kappa shape index (κ1) is 16.1. The van der Waals surface area contributed by atoms with Crippen molar-refractivity contribution in [2.24, 2.45) is 0 Å². The van der Waals surface area contributed by atoms with E-state index in [2.05, 4.69) is 30.2 Å². The molecule has 25 heavy (non-hydrogen) atoms. The molecule has 1 aliphatic rings. The molecule has 0 spiro atoms. The molecule has 0 saturated carbocycles. The smallest absolute Gasteiger partial charge is 0.277 e. The number of hydrogen-bond donors (Lipinski definition) is 0. The number of imidazole rings is 1. The predicted molar refractivity (Wildman–Crippen MR) is 97.2 cm³/mol. The molecule has 4 rings (SSSR count). The van der Waals surface area contributed by atoms with E-state index in [-0.39, 0.29) is 5.56 Å². The van der Waals surface area contributed by atoms with Crippen LogP contribution in [0.3, 0.4) is 0 Å². The standard InChI is InChI=1S/C20H23N3O2/c1-2-17-14-23-18(12-21-19(23)16-8-10-25-11-9-16)20(24)22(17)13-15-6-4-3-5-7-15/h3-7,12,14,16H,2,8-11,13H2,1H3. The Morgan fingerprint density at radius 2 is 1.96 bits per heavy atom. The molecule has 0 N–H and O–H groups in total. The van der Waals surface area contributed by atoms with Crippen molar-refractivity contribution in [2.45, 2.75) is 38.6 Å². The van der Waals surface area contributed by atoms with Gasteiger partial charge in [0.15, 0.2) is 0 Å². The molecule has 0 radical (unpaired) electrons. The van der Waals surface area contributed by atoms with E-state index in [0.717, 1.165) is 49.6 Å². The van der Waals surface area contributed by atoms with E-state index >= 15 is 0 Å². The van der Waals surface area contributed by atoms with Crippen LogP contribution in [0.1, 0.15) is 42.8 Å². The number of aryl methyl sites for hydroxylation is 1. The van der Waals surface area contributed by atoms with Gasteiger partial charge in [-0.2, -0.15) is 0 Å². The molecule has 0 amide bonds. The van der Waals surface area contributed by atoms with Gasteiger partial charge in [-0.3, -0.25) is 9.20 Å². The topological polar surface area (TPSA) is 48.5 Å². The first-order valence-electron chi connectivity index (χ1n) is 8.99. The van der Waals surface area contributed by atoms with Gasteiger partial charge in [0.2, 0.25) is 0 Å². The monoisotopic (exact) mass is 337 g/mol. The molecular formula is C20H23N3O2. The molecule has 5 heteroatoms. The maximum Gasteiger partial charge on any atom is 0.277 e. The van der Waals surface area contributed by atoms with Crippen LogP contribution in [0.4, 0.5) is 0 Å². The highest BCUT2D eigenvalue weighted by atomic mass is 16.5. The molecule has 3 heterocycles. The van der Waals surface area contributed by atoms with Crippen LogP contribution in [-0.2, 0) is 17.7 Å². The van der Waals surface area contributed by atoms with E-state index in [1.165, 1.54) is 0 Å². The lowest BCUT2D eigenvalue weighted by Crippen LogP contribution is -2.26. The second-order valence-corrected chi connectivity index (χ2v) is 6.61. The second kappa shape index (κ2) is 6.84. The quantitative estimate of drug-likeness (QED) is 0.735. The Hall–Kier alpha value is -2.40. The van der Waals surface area contributed by atoms with Crippen molar-refractivity contribution in [1.82, 2.24) is 14.0 Å². The Morgan fingerprint density at radius 1 is 1.20 bits per heavy atom. The van der Waals surface area contributed by atoms with Gasteiger partial charge in [0.25, 0.3) is 5.56 Å². The normalized spacial score (nSPS) is 15.7. The van der Waals surface area contributed by atoms with Crippen molar-refractivity contribution in [3.8, 4) is 0 Å². The minimum atomic E-state index is 0.0361. The average Bonchev–Trinajstić information content (AvgIpc) is 3.09. The van der Waals surface area contributed by atoms with Crippen molar-refractivity contribution in [3.63, 3.8) is 0 Å². The largest absolute Gasteiger partial charge is 0.381 e. The maximum absolute atomic E-state index is 13.1. The summed E-state index contributed by atoms with van der Waals surface area (Å²) in [7, 11) is 0. The summed E-state index contributed by atoms with van der Waals surface area (Å²) in [6.45, 7) is 4.22. The summed E-state index contributed by atoms with van der Waals surface area (Å²) >= 11 is 0. The SMILES string of the molecule is CCc1cn2c(C3CCOCC3)ncc2c(=O)n1Cc1ccccc1. The highest BCUT2D eigenvalue weighted by molar-refractivity contribution is 5.45. The van der Waals surface area contributed by atoms with Crippen molar-refractivity contribution in [1.29, 1.82) is 0 Å². The lowest BCUT2D eigenvalue weighted by molar-refractivity contribution is 0.0835. The van der Waals surface area contributed by atoms with Gasteiger partial charge >= 0.3 is 0 Å². The maximum atomic E-state index is 13.1. The van der Waals surface area contributed by atoms with E-state index in [1.807, 2.05) is 27.2 Å². The van der Waals surface area contributed by atoms with Gasteiger partial charge in [-0.15, -0.1) is 0 Å². The zero-order chi connectivity index (χ0) is 17.2. The van der Waals surface area contributed by atoms with Crippen LogP contribution >= 0.6 is 0 Å². The van der Waals surface area contributed by atoms with Crippen LogP contribution in [0.15, 0.2) is 47.5 Å². The summed E-state index contributed by atoms with van der Waals surface area (Å²) in [5, 5.41) is 0. The van der Waals surface area contributed by atoms with Crippen LogP contribution in [0.2, 0.25) is 0 Å².